The van der Waals surface area contributed by atoms with Crippen LogP contribution >= 0.6 is 0 Å². The zero-order valence-corrected chi connectivity index (χ0v) is 30.7. The number of aromatic nitrogens is 2. The number of hydrogen-bond acceptors (Lipinski definition) is 2. The van der Waals surface area contributed by atoms with Crippen molar-refractivity contribution in [2.75, 3.05) is 0 Å². The van der Waals surface area contributed by atoms with E-state index in [1.807, 2.05) is 0 Å². The first-order chi connectivity index (χ1) is 28.7. The Morgan fingerprint density at radius 2 is 0.902 bits per heavy atom. The van der Waals surface area contributed by atoms with Gasteiger partial charge in [0.25, 0.3) is 0 Å². The van der Waals surface area contributed by atoms with Crippen LogP contribution in [0.3, 0.4) is 0 Å². The first-order valence-electron chi connectivity index (χ1n) is 17.9. The molecule has 0 saturated carbocycles. The van der Waals surface area contributed by atoms with Crippen molar-refractivity contribution >= 4 is 21.8 Å². The van der Waals surface area contributed by atoms with Crippen LogP contribution in [0.4, 0.5) is 52.7 Å². The van der Waals surface area contributed by atoms with Crippen molar-refractivity contribution in [2.24, 2.45) is 0 Å². The number of hydrogen-bond donors (Lipinski definition) is 0. The molecule has 61 heavy (non-hydrogen) atoms. The van der Waals surface area contributed by atoms with Crippen LogP contribution in [0.2, 0.25) is 0 Å². The predicted molar refractivity (Wildman–Crippen MR) is 205 cm³/mol. The molecule has 0 aliphatic rings. The SMILES string of the molecule is N#Cc1cc(-n2c3ccc(-c4ccc(C(F)(F)F)cc4C(F)(F)F)cc3c3cc(-c4ccc(C(F)(F)F)cc4C(F)(F)F)ccc32)c(-c2ccccc2)cc1-c1ccncc1. The van der Waals surface area contributed by atoms with Crippen LogP contribution in [0, 0.1) is 11.3 Å². The van der Waals surface area contributed by atoms with Gasteiger partial charge in [-0.1, -0.05) is 54.6 Å². The minimum atomic E-state index is -5.25. The predicted octanol–water partition coefficient (Wildman–Crippen LogP) is 14.8. The van der Waals surface area contributed by atoms with Gasteiger partial charge in [0.15, 0.2) is 0 Å². The standard InChI is InChI=1S/C46H23F12N3/c47-43(48,49)30-8-10-32(38(21-30)45(53,54)55)27-6-12-40-36(18-27)37-19-28(33-11-9-31(44(50,51)52)22-39(33)46(56,57)58)7-13-41(37)61(40)42-20-29(24-59)34(26-14-16-60-17-15-26)23-35(42)25-4-2-1-3-5-25/h1-23H. The van der Waals surface area contributed by atoms with Gasteiger partial charge in [0.2, 0.25) is 0 Å². The number of pyridine rings is 1. The molecule has 0 unspecified atom stereocenters. The Hall–Kier alpha value is -7.08. The number of nitrogens with zero attached hydrogens (tertiary/aromatic N) is 3. The lowest BCUT2D eigenvalue weighted by molar-refractivity contribution is -0.144. The van der Waals surface area contributed by atoms with Crippen LogP contribution in [0.15, 0.2) is 140 Å². The Labute approximate surface area is 337 Å². The van der Waals surface area contributed by atoms with Crippen LogP contribution in [0.25, 0.3) is 72.0 Å². The van der Waals surface area contributed by atoms with Gasteiger partial charge in [0.05, 0.1) is 50.6 Å². The topological polar surface area (TPSA) is 41.6 Å². The Morgan fingerprint density at radius 3 is 1.34 bits per heavy atom. The molecule has 0 atom stereocenters. The maximum Gasteiger partial charge on any atom is 0.417 e. The van der Waals surface area contributed by atoms with E-state index in [0.29, 0.717) is 52.2 Å². The smallest absolute Gasteiger partial charge is 0.309 e. The summed E-state index contributed by atoms with van der Waals surface area (Å²) in [5.74, 6) is 0. The van der Waals surface area contributed by atoms with E-state index >= 15 is 0 Å². The van der Waals surface area contributed by atoms with Crippen molar-refractivity contribution < 1.29 is 52.7 Å². The molecule has 0 fully saturated rings. The zero-order chi connectivity index (χ0) is 43.6. The highest BCUT2D eigenvalue weighted by molar-refractivity contribution is 6.12. The van der Waals surface area contributed by atoms with Gasteiger partial charge in [-0.2, -0.15) is 57.9 Å². The van der Waals surface area contributed by atoms with Gasteiger partial charge in [0.1, 0.15) is 0 Å². The van der Waals surface area contributed by atoms with E-state index in [2.05, 4.69) is 11.1 Å². The summed E-state index contributed by atoms with van der Waals surface area (Å²) in [6.45, 7) is 0. The molecule has 0 amide bonds. The summed E-state index contributed by atoms with van der Waals surface area (Å²) >= 11 is 0. The van der Waals surface area contributed by atoms with Gasteiger partial charge < -0.3 is 4.57 Å². The number of fused-ring (bicyclic) bond motifs is 3. The lowest BCUT2D eigenvalue weighted by Gasteiger charge is -2.18. The first-order valence-corrected chi connectivity index (χ1v) is 17.9. The lowest BCUT2D eigenvalue weighted by Crippen LogP contribution is -2.12. The molecular weight excluding hydrogens is 823 g/mol. The zero-order valence-electron chi connectivity index (χ0n) is 30.7. The quantitative estimate of drug-likeness (QED) is 0.162. The highest BCUT2D eigenvalue weighted by atomic mass is 19.4. The van der Waals surface area contributed by atoms with Crippen LogP contribution in [-0.4, -0.2) is 9.55 Å². The average molecular weight is 846 g/mol. The molecule has 3 nitrogen and oxygen atoms in total. The molecule has 15 heteroatoms. The average Bonchev–Trinajstić information content (AvgIpc) is 3.55. The van der Waals surface area contributed by atoms with Crippen molar-refractivity contribution in [3.05, 3.63) is 168 Å². The maximum absolute atomic E-state index is 14.4. The van der Waals surface area contributed by atoms with E-state index in [1.165, 1.54) is 48.8 Å². The molecule has 2 aromatic heterocycles. The Balaban J connectivity index is 1.47. The summed E-state index contributed by atoms with van der Waals surface area (Å²) in [7, 11) is 0. The number of halogens is 12. The third kappa shape index (κ3) is 7.54. The molecule has 0 saturated heterocycles. The Kier molecular flexibility index (Phi) is 9.72. The van der Waals surface area contributed by atoms with Gasteiger partial charge in [0, 0.05) is 34.3 Å². The van der Waals surface area contributed by atoms with E-state index in [-0.39, 0.29) is 50.6 Å². The third-order valence-corrected chi connectivity index (χ3v) is 10.3. The minimum absolute atomic E-state index is 0.00982. The van der Waals surface area contributed by atoms with E-state index in [1.54, 1.807) is 59.2 Å². The highest BCUT2D eigenvalue weighted by Crippen LogP contribution is 2.46. The van der Waals surface area contributed by atoms with Gasteiger partial charge in [-0.05, 0) is 106 Å². The second kappa shape index (κ2) is 14.6. The lowest BCUT2D eigenvalue weighted by atomic mass is 9.93. The monoisotopic (exact) mass is 845 g/mol. The van der Waals surface area contributed by atoms with Crippen LogP contribution in [-0.2, 0) is 24.7 Å². The number of benzene rings is 6. The van der Waals surface area contributed by atoms with E-state index in [9.17, 15) is 57.9 Å². The molecule has 6 aromatic carbocycles. The second-order valence-electron chi connectivity index (χ2n) is 13.9. The molecule has 0 bridgehead atoms. The maximum atomic E-state index is 14.4. The Bertz CT molecular complexity index is 2890. The molecule has 0 aliphatic carbocycles. The summed E-state index contributed by atoms with van der Waals surface area (Å²) in [5.41, 5.74) is -4.50. The molecule has 8 aromatic rings. The highest BCUT2D eigenvalue weighted by Gasteiger charge is 2.40. The fourth-order valence-electron chi connectivity index (χ4n) is 7.52. The van der Waals surface area contributed by atoms with Crippen molar-refractivity contribution in [1.82, 2.24) is 9.55 Å². The molecule has 0 N–H and O–H groups in total. The molecule has 2 heterocycles. The van der Waals surface area contributed by atoms with Crippen molar-refractivity contribution in [3.8, 4) is 56.3 Å². The first kappa shape index (κ1) is 40.7. The molecular formula is C46H23F12N3. The van der Waals surface area contributed by atoms with Crippen molar-refractivity contribution in [2.45, 2.75) is 24.7 Å². The van der Waals surface area contributed by atoms with E-state index < -0.39 is 58.1 Å². The largest absolute Gasteiger partial charge is 0.417 e. The molecule has 0 spiro atoms. The summed E-state index contributed by atoms with van der Waals surface area (Å²) in [5, 5.41) is 10.7. The summed E-state index contributed by atoms with van der Waals surface area (Å²) < 4.78 is 170. The number of nitriles is 1. The molecule has 0 aliphatic heterocycles. The van der Waals surface area contributed by atoms with Crippen molar-refractivity contribution in [3.63, 3.8) is 0 Å². The van der Waals surface area contributed by atoms with E-state index in [0.717, 1.165) is 0 Å². The number of alkyl halides is 12. The molecule has 0 radical (unpaired) electrons. The third-order valence-electron chi connectivity index (χ3n) is 10.3. The van der Waals surface area contributed by atoms with Gasteiger partial charge in [-0.3, -0.25) is 4.98 Å². The van der Waals surface area contributed by atoms with Crippen LogP contribution in [0.1, 0.15) is 27.8 Å². The van der Waals surface area contributed by atoms with Gasteiger partial charge in [-0.25, -0.2) is 0 Å². The van der Waals surface area contributed by atoms with Crippen LogP contribution < -0.4 is 0 Å². The molecule has 8 rings (SSSR count). The number of rotatable bonds is 5. The van der Waals surface area contributed by atoms with Gasteiger partial charge >= 0.3 is 24.7 Å². The normalized spacial score (nSPS) is 12.6. The fourth-order valence-corrected chi connectivity index (χ4v) is 7.52. The summed E-state index contributed by atoms with van der Waals surface area (Å²) in [6, 6.07) is 28.0. The molecule has 306 valence electrons. The van der Waals surface area contributed by atoms with Gasteiger partial charge in [-0.15, -0.1) is 0 Å². The minimum Gasteiger partial charge on any atom is -0.309 e. The Morgan fingerprint density at radius 1 is 0.426 bits per heavy atom. The van der Waals surface area contributed by atoms with E-state index in [4.69, 9.17) is 0 Å². The van der Waals surface area contributed by atoms with Crippen molar-refractivity contribution in [1.29, 1.82) is 5.26 Å². The fraction of sp³-hybridized carbons (Fsp3) is 0.0870. The second-order valence-corrected chi connectivity index (χ2v) is 13.9. The van der Waals surface area contributed by atoms with Crippen LogP contribution in [0.5, 0.6) is 0 Å². The summed E-state index contributed by atoms with van der Waals surface area (Å²) in [4.78, 5) is 4.05. The summed E-state index contributed by atoms with van der Waals surface area (Å²) in [6.07, 6.45) is -17.6.